The molecular formula is C16H20N4O3. The third-order valence-electron chi connectivity index (χ3n) is 4.52. The SMILES string of the molecule is Cc1cc(C(=O)NC2(CC(=O)O)CCC2)c2c(C)nn(C)c2n1. The smallest absolute Gasteiger partial charge is 0.305 e. The monoisotopic (exact) mass is 316 g/mol. The molecule has 1 aliphatic carbocycles. The van der Waals surface area contributed by atoms with Crippen LogP contribution >= 0.6 is 0 Å². The first kappa shape index (κ1) is 15.5. The molecule has 2 N–H and O–H groups in total. The highest BCUT2D eigenvalue weighted by Gasteiger charge is 2.40. The van der Waals surface area contributed by atoms with Crippen LogP contribution in [0.15, 0.2) is 6.07 Å². The van der Waals surface area contributed by atoms with Gasteiger partial charge in [0.25, 0.3) is 5.91 Å². The van der Waals surface area contributed by atoms with Crippen molar-refractivity contribution < 1.29 is 14.7 Å². The van der Waals surface area contributed by atoms with Gasteiger partial charge in [-0.3, -0.25) is 14.3 Å². The minimum Gasteiger partial charge on any atom is -0.481 e. The Hall–Kier alpha value is -2.44. The summed E-state index contributed by atoms with van der Waals surface area (Å²) < 4.78 is 1.66. The summed E-state index contributed by atoms with van der Waals surface area (Å²) in [5.74, 6) is -1.14. The first-order chi connectivity index (χ1) is 10.8. The minimum atomic E-state index is -0.890. The van der Waals surface area contributed by atoms with Gasteiger partial charge in [-0.15, -0.1) is 0 Å². The van der Waals surface area contributed by atoms with E-state index in [1.165, 1.54) is 0 Å². The number of pyridine rings is 1. The molecule has 1 aliphatic rings. The van der Waals surface area contributed by atoms with Crippen molar-refractivity contribution in [2.75, 3.05) is 0 Å². The highest BCUT2D eigenvalue weighted by atomic mass is 16.4. The Morgan fingerprint density at radius 2 is 2.09 bits per heavy atom. The fourth-order valence-electron chi connectivity index (χ4n) is 3.30. The van der Waals surface area contributed by atoms with Gasteiger partial charge in [0.2, 0.25) is 0 Å². The molecule has 1 amide bonds. The van der Waals surface area contributed by atoms with Crippen molar-refractivity contribution in [1.29, 1.82) is 0 Å². The standard InChI is InChI=1S/C16H20N4O3/c1-9-7-11(13-10(2)19-20(3)14(13)17-9)15(23)18-16(5-4-6-16)8-12(21)22/h7H,4-6,8H2,1-3H3,(H,18,23)(H,21,22). The van der Waals surface area contributed by atoms with Crippen LogP contribution < -0.4 is 5.32 Å². The largest absolute Gasteiger partial charge is 0.481 e. The quantitative estimate of drug-likeness (QED) is 0.895. The number of nitrogens with one attached hydrogen (secondary N) is 1. The van der Waals surface area contributed by atoms with Crippen molar-refractivity contribution in [3.8, 4) is 0 Å². The lowest BCUT2D eigenvalue weighted by Crippen LogP contribution is -2.54. The van der Waals surface area contributed by atoms with E-state index >= 15 is 0 Å². The van der Waals surface area contributed by atoms with Crippen LogP contribution in [0.3, 0.4) is 0 Å². The molecule has 0 spiro atoms. The zero-order chi connectivity index (χ0) is 16.8. The van der Waals surface area contributed by atoms with Gasteiger partial charge < -0.3 is 10.4 Å². The summed E-state index contributed by atoms with van der Waals surface area (Å²) in [5, 5.41) is 17.1. The van der Waals surface area contributed by atoms with Gasteiger partial charge in [-0.1, -0.05) is 0 Å². The van der Waals surface area contributed by atoms with Gasteiger partial charge in [-0.2, -0.15) is 5.10 Å². The maximum absolute atomic E-state index is 12.8. The van der Waals surface area contributed by atoms with Gasteiger partial charge in [-0.05, 0) is 39.2 Å². The van der Waals surface area contributed by atoms with E-state index in [1.807, 2.05) is 13.8 Å². The lowest BCUT2D eigenvalue weighted by Gasteiger charge is -2.41. The normalized spacial score (nSPS) is 16.1. The van der Waals surface area contributed by atoms with E-state index < -0.39 is 11.5 Å². The summed E-state index contributed by atoms with van der Waals surface area (Å²) in [4.78, 5) is 28.3. The Kier molecular flexibility index (Phi) is 3.58. The second-order valence-electron chi connectivity index (χ2n) is 6.38. The van der Waals surface area contributed by atoms with Crippen LogP contribution in [0.2, 0.25) is 0 Å². The number of aliphatic carboxylic acids is 1. The molecule has 2 aromatic heterocycles. The number of aryl methyl sites for hydroxylation is 3. The number of hydrogen-bond acceptors (Lipinski definition) is 4. The highest BCUT2D eigenvalue weighted by molar-refractivity contribution is 6.07. The van der Waals surface area contributed by atoms with E-state index in [9.17, 15) is 9.59 Å². The summed E-state index contributed by atoms with van der Waals surface area (Å²) in [7, 11) is 1.79. The number of rotatable bonds is 4. The number of carbonyl (C=O) groups is 2. The van der Waals surface area contributed by atoms with Crippen molar-refractivity contribution in [2.45, 2.75) is 45.1 Å². The van der Waals surface area contributed by atoms with Crippen molar-refractivity contribution in [3.05, 3.63) is 23.0 Å². The molecule has 0 atom stereocenters. The van der Waals surface area contributed by atoms with E-state index in [1.54, 1.807) is 17.8 Å². The Morgan fingerprint density at radius 1 is 1.39 bits per heavy atom. The number of hydrogen-bond donors (Lipinski definition) is 2. The number of fused-ring (bicyclic) bond motifs is 1. The molecule has 122 valence electrons. The highest BCUT2D eigenvalue weighted by Crippen LogP contribution is 2.35. The first-order valence-electron chi connectivity index (χ1n) is 7.67. The van der Waals surface area contributed by atoms with Gasteiger partial charge in [-0.25, -0.2) is 4.98 Å². The molecule has 0 unspecified atom stereocenters. The lowest BCUT2D eigenvalue weighted by molar-refractivity contribution is -0.139. The number of carboxylic acid groups (broad SMARTS) is 1. The number of amides is 1. The predicted octanol–water partition coefficient (Wildman–Crippen LogP) is 1.71. The average molecular weight is 316 g/mol. The fourth-order valence-corrected chi connectivity index (χ4v) is 3.30. The second-order valence-corrected chi connectivity index (χ2v) is 6.38. The van der Waals surface area contributed by atoms with E-state index in [4.69, 9.17) is 5.11 Å². The third-order valence-corrected chi connectivity index (χ3v) is 4.52. The molecule has 0 aromatic carbocycles. The lowest BCUT2D eigenvalue weighted by atomic mass is 9.74. The van der Waals surface area contributed by atoms with Crippen molar-refractivity contribution in [1.82, 2.24) is 20.1 Å². The number of carbonyl (C=O) groups excluding carboxylic acids is 1. The van der Waals surface area contributed by atoms with E-state index in [-0.39, 0.29) is 12.3 Å². The minimum absolute atomic E-state index is 0.0437. The van der Waals surface area contributed by atoms with Crippen LogP contribution in [0.25, 0.3) is 11.0 Å². The number of aromatic nitrogens is 3. The van der Waals surface area contributed by atoms with E-state index in [0.717, 1.165) is 23.2 Å². The molecular weight excluding hydrogens is 296 g/mol. The summed E-state index contributed by atoms with van der Waals surface area (Å²) in [6.45, 7) is 3.67. The van der Waals surface area contributed by atoms with Gasteiger partial charge in [0, 0.05) is 12.7 Å². The molecule has 0 aliphatic heterocycles. The van der Waals surface area contributed by atoms with Crippen LogP contribution in [0.1, 0.15) is 47.4 Å². The molecule has 3 rings (SSSR count). The van der Waals surface area contributed by atoms with Crippen LogP contribution in [-0.2, 0) is 11.8 Å². The van der Waals surface area contributed by atoms with Crippen LogP contribution in [0.5, 0.6) is 0 Å². The van der Waals surface area contributed by atoms with E-state index in [2.05, 4.69) is 15.4 Å². The van der Waals surface area contributed by atoms with Gasteiger partial charge in [0.15, 0.2) is 5.65 Å². The second kappa shape index (κ2) is 5.33. The molecule has 1 fully saturated rings. The number of nitrogens with zero attached hydrogens (tertiary/aromatic N) is 3. The molecule has 2 aromatic rings. The zero-order valence-electron chi connectivity index (χ0n) is 13.5. The molecule has 7 nitrogen and oxygen atoms in total. The van der Waals surface area contributed by atoms with Crippen molar-refractivity contribution in [2.24, 2.45) is 7.05 Å². The van der Waals surface area contributed by atoms with E-state index in [0.29, 0.717) is 24.1 Å². The van der Waals surface area contributed by atoms with Gasteiger partial charge >= 0.3 is 5.97 Å². The summed E-state index contributed by atoms with van der Waals surface area (Å²) in [6, 6.07) is 1.74. The van der Waals surface area contributed by atoms with Crippen molar-refractivity contribution >= 4 is 22.9 Å². The maximum atomic E-state index is 12.8. The first-order valence-corrected chi connectivity index (χ1v) is 7.67. The maximum Gasteiger partial charge on any atom is 0.305 e. The summed E-state index contributed by atoms with van der Waals surface area (Å²) >= 11 is 0. The molecule has 23 heavy (non-hydrogen) atoms. The van der Waals surface area contributed by atoms with Gasteiger partial charge in [0.05, 0.1) is 28.6 Å². The molecule has 7 heteroatoms. The average Bonchev–Trinajstić information content (AvgIpc) is 2.70. The molecule has 0 radical (unpaired) electrons. The van der Waals surface area contributed by atoms with Crippen LogP contribution in [0, 0.1) is 13.8 Å². The Morgan fingerprint density at radius 3 is 2.65 bits per heavy atom. The molecule has 0 saturated heterocycles. The summed E-state index contributed by atoms with van der Waals surface area (Å²) in [5.41, 5.74) is 2.01. The number of carboxylic acids is 1. The Balaban J connectivity index is 1.99. The van der Waals surface area contributed by atoms with Gasteiger partial charge in [0.1, 0.15) is 0 Å². The molecule has 1 saturated carbocycles. The van der Waals surface area contributed by atoms with Crippen LogP contribution in [0.4, 0.5) is 0 Å². The molecule has 2 heterocycles. The zero-order valence-corrected chi connectivity index (χ0v) is 13.5. The molecule has 0 bridgehead atoms. The predicted molar refractivity (Wildman–Crippen MR) is 84.3 cm³/mol. The third kappa shape index (κ3) is 2.67. The van der Waals surface area contributed by atoms with Crippen LogP contribution in [-0.4, -0.2) is 37.3 Å². The Bertz CT molecular complexity index is 805. The Labute approximate surface area is 133 Å². The fraction of sp³-hybridized carbons (Fsp3) is 0.500. The van der Waals surface area contributed by atoms with Crippen molar-refractivity contribution in [3.63, 3.8) is 0 Å². The topological polar surface area (TPSA) is 97.1 Å². The summed E-state index contributed by atoms with van der Waals surface area (Å²) in [6.07, 6.45) is 2.29.